The van der Waals surface area contributed by atoms with Crippen LogP contribution in [0.5, 0.6) is 0 Å². The smallest absolute Gasteiger partial charge is 0.226 e. The number of aromatic amines is 1. The summed E-state index contributed by atoms with van der Waals surface area (Å²) >= 11 is 0. The summed E-state index contributed by atoms with van der Waals surface area (Å²) in [5.41, 5.74) is 3.32. The largest absolute Gasteiger partial charge is 0.369 e. The predicted octanol–water partition coefficient (Wildman–Crippen LogP) is 2.36. The second kappa shape index (κ2) is 5.78. The average molecular weight is 282 g/mol. The Hall–Kier alpha value is -2.63. The molecular formula is C15H18N6. The molecule has 0 saturated carbocycles. The molecule has 6 heteroatoms. The van der Waals surface area contributed by atoms with Crippen LogP contribution in [-0.2, 0) is 6.42 Å². The normalized spacial score (nSPS) is 10.8. The molecule has 0 atom stereocenters. The average Bonchev–Trinajstić information content (AvgIpc) is 2.95. The summed E-state index contributed by atoms with van der Waals surface area (Å²) in [4.78, 5) is 8.76. The van der Waals surface area contributed by atoms with Crippen molar-refractivity contribution >= 4 is 22.8 Å². The van der Waals surface area contributed by atoms with Crippen molar-refractivity contribution in [1.29, 1.82) is 0 Å². The SMILES string of the molecule is CNc1nc(NCCc2cccc(C)c2)c2cn[nH]c2n1. The zero-order valence-corrected chi connectivity index (χ0v) is 12.1. The molecule has 0 aliphatic carbocycles. The number of hydrogen-bond acceptors (Lipinski definition) is 5. The fraction of sp³-hybridized carbons (Fsp3) is 0.267. The summed E-state index contributed by atoms with van der Waals surface area (Å²) in [5, 5.41) is 14.1. The summed E-state index contributed by atoms with van der Waals surface area (Å²) in [6.07, 6.45) is 2.68. The van der Waals surface area contributed by atoms with Crippen LogP contribution in [0.1, 0.15) is 11.1 Å². The van der Waals surface area contributed by atoms with Gasteiger partial charge in [0.05, 0.1) is 11.6 Å². The second-order valence-corrected chi connectivity index (χ2v) is 4.94. The Morgan fingerprint density at radius 3 is 2.95 bits per heavy atom. The maximum atomic E-state index is 4.45. The lowest BCUT2D eigenvalue weighted by Gasteiger charge is -2.08. The number of hydrogen-bond donors (Lipinski definition) is 3. The van der Waals surface area contributed by atoms with Crippen LogP contribution < -0.4 is 10.6 Å². The van der Waals surface area contributed by atoms with E-state index < -0.39 is 0 Å². The topological polar surface area (TPSA) is 78.5 Å². The maximum absolute atomic E-state index is 4.45. The first kappa shape index (κ1) is 13.4. The Kier molecular flexibility index (Phi) is 3.68. The number of aromatic nitrogens is 4. The molecule has 0 spiro atoms. The summed E-state index contributed by atoms with van der Waals surface area (Å²) in [6, 6.07) is 8.54. The van der Waals surface area contributed by atoms with Gasteiger partial charge in [0.1, 0.15) is 5.82 Å². The molecule has 0 unspecified atom stereocenters. The minimum absolute atomic E-state index is 0.574. The molecule has 2 heterocycles. The molecule has 6 nitrogen and oxygen atoms in total. The molecule has 1 aromatic carbocycles. The van der Waals surface area contributed by atoms with Gasteiger partial charge < -0.3 is 10.6 Å². The van der Waals surface area contributed by atoms with E-state index in [1.165, 1.54) is 11.1 Å². The Morgan fingerprint density at radius 2 is 2.14 bits per heavy atom. The van der Waals surface area contributed by atoms with Gasteiger partial charge in [-0.05, 0) is 18.9 Å². The maximum Gasteiger partial charge on any atom is 0.226 e. The monoisotopic (exact) mass is 282 g/mol. The van der Waals surface area contributed by atoms with Gasteiger partial charge in [-0.2, -0.15) is 15.1 Å². The van der Waals surface area contributed by atoms with E-state index in [0.717, 1.165) is 29.8 Å². The van der Waals surface area contributed by atoms with Crippen molar-refractivity contribution in [3.63, 3.8) is 0 Å². The zero-order chi connectivity index (χ0) is 14.7. The molecule has 0 saturated heterocycles. The van der Waals surface area contributed by atoms with Crippen molar-refractivity contribution in [2.45, 2.75) is 13.3 Å². The molecule has 0 bridgehead atoms. The zero-order valence-electron chi connectivity index (χ0n) is 12.1. The molecule has 0 aliphatic rings. The summed E-state index contributed by atoms with van der Waals surface area (Å²) in [5.74, 6) is 1.37. The Labute approximate surface area is 123 Å². The highest BCUT2D eigenvalue weighted by Crippen LogP contribution is 2.19. The predicted molar refractivity (Wildman–Crippen MR) is 84.6 cm³/mol. The molecule has 0 fully saturated rings. The first-order valence-electron chi connectivity index (χ1n) is 6.94. The number of nitrogens with zero attached hydrogens (tertiary/aromatic N) is 3. The first-order valence-corrected chi connectivity index (χ1v) is 6.94. The van der Waals surface area contributed by atoms with Gasteiger partial charge in [0, 0.05) is 13.6 Å². The van der Waals surface area contributed by atoms with E-state index >= 15 is 0 Å². The summed E-state index contributed by atoms with van der Waals surface area (Å²) < 4.78 is 0. The number of benzene rings is 1. The molecule has 108 valence electrons. The number of nitrogens with one attached hydrogen (secondary N) is 3. The van der Waals surface area contributed by atoms with Crippen LogP contribution in [0.15, 0.2) is 30.5 Å². The highest BCUT2D eigenvalue weighted by molar-refractivity contribution is 5.86. The Bertz CT molecular complexity index is 749. The number of anilines is 2. The van der Waals surface area contributed by atoms with Crippen LogP contribution in [0.25, 0.3) is 11.0 Å². The lowest BCUT2D eigenvalue weighted by atomic mass is 10.1. The minimum Gasteiger partial charge on any atom is -0.369 e. The molecule has 0 aliphatic heterocycles. The molecule has 3 N–H and O–H groups in total. The quantitative estimate of drug-likeness (QED) is 0.669. The Balaban J connectivity index is 1.74. The van der Waals surface area contributed by atoms with Crippen LogP contribution >= 0.6 is 0 Å². The van der Waals surface area contributed by atoms with Crippen molar-refractivity contribution in [2.75, 3.05) is 24.2 Å². The van der Waals surface area contributed by atoms with Gasteiger partial charge in [0.2, 0.25) is 5.95 Å². The fourth-order valence-corrected chi connectivity index (χ4v) is 2.27. The highest BCUT2D eigenvalue weighted by atomic mass is 15.2. The third-order valence-corrected chi connectivity index (χ3v) is 3.32. The summed E-state index contributed by atoms with van der Waals surface area (Å²) in [7, 11) is 1.80. The number of fused-ring (bicyclic) bond motifs is 1. The van der Waals surface area contributed by atoms with Crippen LogP contribution in [-0.4, -0.2) is 33.8 Å². The molecule has 0 radical (unpaired) electrons. The van der Waals surface area contributed by atoms with Crippen LogP contribution in [0.2, 0.25) is 0 Å². The second-order valence-electron chi connectivity index (χ2n) is 4.94. The van der Waals surface area contributed by atoms with E-state index in [-0.39, 0.29) is 0 Å². The van der Waals surface area contributed by atoms with Gasteiger partial charge in [-0.15, -0.1) is 0 Å². The van der Waals surface area contributed by atoms with Gasteiger partial charge in [-0.25, -0.2) is 0 Å². The van der Waals surface area contributed by atoms with Crippen LogP contribution in [0.3, 0.4) is 0 Å². The first-order chi connectivity index (χ1) is 10.3. The van der Waals surface area contributed by atoms with Crippen molar-refractivity contribution in [3.8, 4) is 0 Å². The molecule has 0 amide bonds. The van der Waals surface area contributed by atoms with Gasteiger partial charge in [-0.3, -0.25) is 5.10 Å². The van der Waals surface area contributed by atoms with Crippen molar-refractivity contribution in [3.05, 3.63) is 41.6 Å². The fourth-order valence-electron chi connectivity index (χ4n) is 2.27. The summed E-state index contributed by atoms with van der Waals surface area (Å²) in [6.45, 7) is 2.92. The molecule has 2 aromatic heterocycles. The van der Waals surface area contributed by atoms with E-state index in [1.54, 1.807) is 13.2 Å². The lowest BCUT2D eigenvalue weighted by Crippen LogP contribution is -2.08. The lowest BCUT2D eigenvalue weighted by molar-refractivity contribution is 1.00. The molecule has 3 rings (SSSR count). The third kappa shape index (κ3) is 2.94. The Morgan fingerprint density at radius 1 is 1.24 bits per heavy atom. The van der Waals surface area contributed by atoms with Crippen molar-refractivity contribution in [1.82, 2.24) is 20.2 Å². The van der Waals surface area contributed by atoms with E-state index in [2.05, 4.69) is 62.0 Å². The van der Waals surface area contributed by atoms with Gasteiger partial charge in [0.25, 0.3) is 0 Å². The van der Waals surface area contributed by atoms with Gasteiger partial charge >= 0.3 is 0 Å². The van der Waals surface area contributed by atoms with E-state index in [4.69, 9.17) is 0 Å². The van der Waals surface area contributed by atoms with Crippen molar-refractivity contribution < 1.29 is 0 Å². The molecular weight excluding hydrogens is 264 g/mol. The number of H-pyrrole nitrogens is 1. The number of aryl methyl sites for hydroxylation is 1. The standard InChI is InChI=1S/C15H18N6/c1-10-4-3-5-11(8-10)6-7-17-13-12-9-18-21-14(12)20-15(16-2)19-13/h3-5,8-9H,6-7H2,1-2H3,(H3,16,17,18,19,20,21). The highest BCUT2D eigenvalue weighted by Gasteiger charge is 2.08. The molecule has 3 aromatic rings. The van der Waals surface area contributed by atoms with E-state index in [0.29, 0.717) is 5.95 Å². The molecule has 21 heavy (non-hydrogen) atoms. The van der Waals surface area contributed by atoms with E-state index in [9.17, 15) is 0 Å². The van der Waals surface area contributed by atoms with Gasteiger partial charge in [-0.1, -0.05) is 29.8 Å². The van der Waals surface area contributed by atoms with Gasteiger partial charge in [0.15, 0.2) is 5.65 Å². The van der Waals surface area contributed by atoms with Crippen LogP contribution in [0, 0.1) is 6.92 Å². The van der Waals surface area contributed by atoms with Crippen molar-refractivity contribution in [2.24, 2.45) is 0 Å². The number of rotatable bonds is 5. The van der Waals surface area contributed by atoms with Crippen LogP contribution in [0.4, 0.5) is 11.8 Å². The third-order valence-electron chi connectivity index (χ3n) is 3.32. The van der Waals surface area contributed by atoms with E-state index in [1.807, 2.05) is 0 Å². The minimum atomic E-state index is 0.574.